The third kappa shape index (κ3) is 2.82. The molecule has 118 valence electrons. The zero-order chi connectivity index (χ0) is 15.6. The van der Waals surface area contributed by atoms with Gasteiger partial charge in [-0.05, 0) is 43.4 Å². The molecule has 0 radical (unpaired) electrons. The van der Waals surface area contributed by atoms with E-state index in [2.05, 4.69) is 5.16 Å². The number of carbonyl (C=O) groups excluding carboxylic acids is 1. The molecular weight excluding hydrogens is 314 g/mol. The second kappa shape index (κ2) is 6.04. The Balaban J connectivity index is 1.43. The molecule has 1 aliphatic carbocycles. The SMILES string of the molecule is O=C(OCc1cc(-c2ccco2)on1)c1csc2c1CCCC2. The zero-order valence-electron chi connectivity index (χ0n) is 12.4. The molecule has 1 aliphatic rings. The third-order valence-electron chi connectivity index (χ3n) is 3.96. The fourth-order valence-corrected chi connectivity index (χ4v) is 3.91. The highest BCUT2D eigenvalue weighted by Gasteiger charge is 2.21. The molecule has 3 aromatic heterocycles. The molecule has 5 nitrogen and oxygen atoms in total. The fraction of sp³-hybridized carbons (Fsp3) is 0.294. The number of hydrogen-bond acceptors (Lipinski definition) is 6. The van der Waals surface area contributed by atoms with Crippen LogP contribution in [0.3, 0.4) is 0 Å². The van der Waals surface area contributed by atoms with Crippen molar-refractivity contribution in [2.75, 3.05) is 0 Å². The highest BCUT2D eigenvalue weighted by molar-refractivity contribution is 7.10. The first-order valence-electron chi connectivity index (χ1n) is 7.57. The van der Waals surface area contributed by atoms with E-state index in [0.29, 0.717) is 22.8 Å². The van der Waals surface area contributed by atoms with Crippen LogP contribution in [0.15, 0.2) is 38.8 Å². The van der Waals surface area contributed by atoms with E-state index in [0.717, 1.165) is 19.3 Å². The van der Waals surface area contributed by atoms with Crippen LogP contribution in [-0.4, -0.2) is 11.1 Å². The summed E-state index contributed by atoms with van der Waals surface area (Å²) in [6.45, 7) is 0.0909. The average Bonchev–Trinajstić information content (AvgIpc) is 3.31. The highest BCUT2D eigenvalue weighted by Crippen LogP contribution is 2.30. The van der Waals surface area contributed by atoms with Crippen molar-refractivity contribution < 1.29 is 18.5 Å². The fourth-order valence-electron chi connectivity index (χ4n) is 2.80. The number of aryl methyl sites for hydroxylation is 1. The molecule has 6 heteroatoms. The summed E-state index contributed by atoms with van der Waals surface area (Å²) in [5.74, 6) is 0.836. The van der Waals surface area contributed by atoms with Gasteiger partial charge in [0, 0.05) is 16.3 Å². The molecule has 0 spiro atoms. The van der Waals surface area contributed by atoms with Crippen LogP contribution < -0.4 is 0 Å². The van der Waals surface area contributed by atoms with E-state index in [4.69, 9.17) is 13.7 Å². The second-order valence-electron chi connectivity index (χ2n) is 5.49. The van der Waals surface area contributed by atoms with Gasteiger partial charge in [-0.15, -0.1) is 11.3 Å². The van der Waals surface area contributed by atoms with Gasteiger partial charge in [0.15, 0.2) is 5.76 Å². The van der Waals surface area contributed by atoms with E-state index < -0.39 is 0 Å². The Morgan fingerprint density at radius 1 is 1.30 bits per heavy atom. The van der Waals surface area contributed by atoms with Crippen molar-refractivity contribution in [3.05, 3.63) is 51.5 Å². The van der Waals surface area contributed by atoms with Crippen molar-refractivity contribution >= 4 is 17.3 Å². The van der Waals surface area contributed by atoms with E-state index in [1.54, 1.807) is 35.8 Å². The predicted molar refractivity (Wildman–Crippen MR) is 84.3 cm³/mol. The minimum atomic E-state index is -0.285. The molecule has 0 fully saturated rings. The van der Waals surface area contributed by atoms with Crippen molar-refractivity contribution in [3.8, 4) is 11.5 Å². The molecule has 0 bridgehead atoms. The summed E-state index contributed by atoms with van der Waals surface area (Å²) in [5.41, 5.74) is 2.44. The lowest BCUT2D eigenvalue weighted by molar-refractivity contribution is 0.0463. The monoisotopic (exact) mass is 329 g/mol. The van der Waals surface area contributed by atoms with E-state index >= 15 is 0 Å². The molecule has 0 saturated heterocycles. The first kappa shape index (κ1) is 14.3. The Morgan fingerprint density at radius 3 is 3.09 bits per heavy atom. The van der Waals surface area contributed by atoms with Crippen LogP contribution in [0.4, 0.5) is 0 Å². The van der Waals surface area contributed by atoms with E-state index in [-0.39, 0.29) is 12.6 Å². The number of hydrogen-bond donors (Lipinski definition) is 0. The van der Waals surface area contributed by atoms with Gasteiger partial charge in [0.1, 0.15) is 12.3 Å². The lowest BCUT2D eigenvalue weighted by Crippen LogP contribution is -2.09. The molecule has 0 saturated carbocycles. The lowest BCUT2D eigenvalue weighted by atomic mass is 9.96. The van der Waals surface area contributed by atoms with Crippen molar-refractivity contribution in [1.29, 1.82) is 0 Å². The first-order valence-corrected chi connectivity index (χ1v) is 8.45. The van der Waals surface area contributed by atoms with Gasteiger partial charge in [0.25, 0.3) is 0 Å². The smallest absolute Gasteiger partial charge is 0.339 e. The summed E-state index contributed by atoms with van der Waals surface area (Å²) in [4.78, 5) is 13.6. The topological polar surface area (TPSA) is 65.5 Å². The molecular formula is C17H15NO4S. The van der Waals surface area contributed by atoms with E-state index in [1.165, 1.54) is 16.9 Å². The largest absolute Gasteiger partial charge is 0.461 e. The standard InChI is InChI=1S/C17H15NO4S/c19-17(13-10-23-16-6-2-1-4-12(13)16)21-9-11-8-15(22-18-11)14-5-3-7-20-14/h3,5,7-8,10H,1-2,4,6,9H2. The molecule has 0 N–H and O–H groups in total. The number of furan rings is 1. The maximum absolute atomic E-state index is 12.3. The molecule has 0 aliphatic heterocycles. The van der Waals surface area contributed by atoms with Crippen LogP contribution in [0.2, 0.25) is 0 Å². The number of fused-ring (bicyclic) bond motifs is 1. The second-order valence-corrected chi connectivity index (χ2v) is 6.46. The Bertz CT molecular complexity index is 816. The van der Waals surface area contributed by atoms with Crippen molar-refractivity contribution in [1.82, 2.24) is 5.16 Å². The summed E-state index contributed by atoms with van der Waals surface area (Å²) in [6.07, 6.45) is 5.95. The Kier molecular flexibility index (Phi) is 3.75. The molecule has 0 aromatic carbocycles. The number of carbonyl (C=O) groups is 1. The van der Waals surface area contributed by atoms with Gasteiger partial charge in [0.05, 0.1) is 11.8 Å². The van der Waals surface area contributed by atoms with Crippen LogP contribution in [0, 0.1) is 0 Å². The van der Waals surface area contributed by atoms with Crippen molar-refractivity contribution in [2.45, 2.75) is 32.3 Å². The van der Waals surface area contributed by atoms with Crippen LogP contribution in [0.5, 0.6) is 0 Å². The number of esters is 1. The number of rotatable bonds is 4. The molecule has 23 heavy (non-hydrogen) atoms. The summed E-state index contributed by atoms with van der Waals surface area (Å²) in [6, 6.07) is 5.28. The summed E-state index contributed by atoms with van der Waals surface area (Å²) in [5, 5.41) is 5.82. The highest BCUT2D eigenvalue weighted by atomic mass is 32.1. The predicted octanol–water partition coefficient (Wildman–Crippen LogP) is 4.23. The maximum atomic E-state index is 12.3. The van der Waals surface area contributed by atoms with Gasteiger partial charge in [0.2, 0.25) is 5.76 Å². The van der Waals surface area contributed by atoms with E-state index in [1.807, 2.05) is 5.38 Å². The molecule has 4 rings (SSSR count). The Labute approximate surface area is 136 Å². The van der Waals surface area contributed by atoms with Gasteiger partial charge in [-0.3, -0.25) is 0 Å². The minimum Gasteiger partial charge on any atom is -0.461 e. The summed E-state index contributed by atoms with van der Waals surface area (Å²) >= 11 is 1.66. The van der Waals surface area contributed by atoms with Gasteiger partial charge in [-0.2, -0.15) is 0 Å². The quantitative estimate of drug-likeness (QED) is 0.670. The zero-order valence-corrected chi connectivity index (χ0v) is 13.2. The van der Waals surface area contributed by atoms with Crippen molar-refractivity contribution in [3.63, 3.8) is 0 Å². The van der Waals surface area contributed by atoms with Gasteiger partial charge in [-0.1, -0.05) is 5.16 Å². The number of ether oxygens (including phenoxy) is 1. The molecule has 3 heterocycles. The first-order chi connectivity index (χ1) is 11.3. The number of nitrogens with zero attached hydrogens (tertiary/aromatic N) is 1. The summed E-state index contributed by atoms with van der Waals surface area (Å²) < 4.78 is 15.8. The average molecular weight is 329 g/mol. The number of thiophene rings is 1. The van der Waals surface area contributed by atoms with Gasteiger partial charge >= 0.3 is 5.97 Å². The molecule has 0 unspecified atom stereocenters. The normalized spacial score (nSPS) is 13.7. The van der Waals surface area contributed by atoms with Crippen LogP contribution >= 0.6 is 11.3 Å². The van der Waals surface area contributed by atoms with Crippen LogP contribution in [0.25, 0.3) is 11.5 Å². The van der Waals surface area contributed by atoms with Crippen LogP contribution in [0.1, 0.15) is 39.3 Å². The molecule has 0 atom stereocenters. The Hall–Kier alpha value is -2.34. The van der Waals surface area contributed by atoms with Gasteiger partial charge in [-0.25, -0.2) is 4.79 Å². The lowest BCUT2D eigenvalue weighted by Gasteiger charge is -2.12. The number of aromatic nitrogens is 1. The van der Waals surface area contributed by atoms with Crippen LogP contribution in [-0.2, 0) is 24.2 Å². The summed E-state index contributed by atoms with van der Waals surface area (Å²) in [7, 11) is 0. The maximum Gasteiger partial charge on any atom is 0.339 e. The van der Waals surface area contributed by atoms with E-state index in [9.17, 15) is 4.79 Å². The van der Waals surface area contributed by atoms with Gasteiger partial charge < -0.3 is 13.7 Å². The third-order valence-corrected chi connectivity index (χ3v) is 5.04. The van der Waals surface area contributed by atoms with Crippen molar-refractivity contribution in [2.24, 2.45) is 0 Å². The minimum absolute atomic E-state index is 0.0909. The molecule has 0 amide bonds. The molecule has 3 aromatic rings. The Morgan fingerprint density at radius 2 is 2.22 bits per heavy atom.